The highest BCUT2D eigenvalue weighted by atomic mass is 16.5. The number of ether oxygens (including phenoxy) is 2. The molecule has 8 nitrogen and oxygen atoms in total. The fourth-order valence-corrected chi connectivity index (χ4v) is 1.31. The van der Waals surface area contributed by atoms with Crippen LogP contribution in [0.4, 0.5) is 0 Å². The molecule has 0 spiro atoms. The van der Waals surface area contributed by atoms with Gasteiger partial charge in [0, 0.05) is 6.42 Å². The molecular weight excluding hydrogens is 294 g/mol. The Bertz CT molecular complexity index is 418. The van der Waals surface area contributed by atoms with Crippen molar-refractivity contribution in [2.75, 3.05) is 26.3 Å². The Morgan fingerprint density at radius 3 is 1.73 bits per heavy atom. The van der Waals surface area contributed by atoms with Crippen LogP contribution in [0.5, 0.6) is 0 Å². The van der Waals surface area contributed by atoms with Crippen molar-refractivity contribution < 1.29 is 33.8 Å². The van der Waals surface area contributed by atoms with E-state index in [1.54, 1.807) is 0 Å². The number of hydrogen-bond acceptors (Lipinski definition) is 6. The Balaban J connectivity index is 4.66. The Morgan fingerprint density at radius 1 is 0.909 bits per heavy atom. The molecule has 0 saturated carbocycles. The molecule has 1 amide bonds. The molecule has 1 N–H and O–H groups in total. The summed E-state index contributed by atoms with van der Waals surface area (Å²) >= 11 is 0. The molecule has 0 unspecified atom stereocenters. The molecule has 0 aromatic heterocycles. The third kappa shape index (κ3) is 9.29. The molecule has 0 atom stereocenters. The maximum Gasteiger partial charge on any atom is 0.325 e. The molecule has 0 aliphatic heterocycles. The minimum atomic E-state index is -1.16. The van der Waals surface area contributed by atoms with Gasteiger partial charge in [0.15, 0.2) is 0 Å². The lowest BCUT2D eigenvalue weighted by atomic mass is 10.2. The first kappa shape index (κ1) is 19.4. The van der Waals surface area contributed by atoms with Gasteiger partial charge in [-0.3, -0.25) is 19.2 Å². The largest absolute Gasteiger partial charge is 0.481 e. The van der Waals surface area contributed by atoms with E-state index in [-0.39, 0.29) is 19.6 Å². The summed E-state index contributed by atoms with van der Waals surface area (Å²) in [4.78, 5) is 46.2. The number of nitrogens with zero attached hydrogens (tertiary/aromatic N) is 1. The van der Waals surface area contributed by atoms with Gasteiger partial charge in [0.25, 0.3) is 0 Å². The molecule has 0 aromatic carbocycles. The average Bonchev–Trinajstić information content (AvgIpc) is 2.47. The molecule has 8 heteroatoms. The van der Waals surface area contributed by atoms with Gasteiger partial charge in [-0.2, -0.15) is 0 Å². The fourth-order valence-electron chi connectivity index (χ4n) is 1.31. The summed E-state index contributed by atoms with van der Waals surface area (Å²) in [6.07, 6.45) is 1.97. The summed E-state index contributed by atoms with van der Waals surface area (Å²) < 4.78 is 9.45. The van der Waals surface area contributed by atoms with Gasteiger partial charge < -0.3 is 19.5 Å². The normalized spacial score (nSPS) is 9.45. The lowest BCUT2D eigenvalue weighted by molar-refractivity contribution is -0.153. The second-order valence-electron chi connectivity index (χ2n) is 4.09. The summed E-state index contributed by atoms with van der Waals surface area (Å²) in [6, 6.07) is 0. The molecule has 0 aliphatic rings. The molecule has 0 aliphatic carbocycles. The summed E-state index contributed by atoms with van der Waals surface area (Å²) in [5, 5.41) is 8.56. The van der Waals surface area contributed by atoms with E-state index in [0.717, 1.165) is 4.90 Å². The second-order valence-corrected chi connectivity index (χ2v) is 4.09. The molecule has 0 bridgehead atoms. The average molecular weight is 313 g/mol. The van der Waals surface area contributed by atoms with E-state index >= 15 is 0 Å². The Morgan fingerprint density at radius 2 is 1.36 bits per heavy atom. The first-order valence-electron chi connectivity index (χ1n) is 6.43. The van der Waals surface area contributed by atoms with Crippen LogP contribution in [0.1, 0.15) is 12.8 Å². The van der Waals surface area contributed by atoms with Gasteiger partial charge in [0.2, 0.25) is 5.91 Å². The van der Waals surface area contributed by atoms with E-state index in [9.17, 15) is 19.2 Å². The van der Waals surface area contributed by atoms with Crippen LogP contribution < -0.4 is 0 Å². The van der Waals surface area contributed by atoms with Gasteiger partial charge in [-0.15, -0.1) is 0 Å². The van der Waals surface area contributed by atoms with Crippen molar-refractivity contribution >= 4 is 23.8 Å². The number of rotatable bonds is 11. The number of hydrogen-bond donors (Lipinski definition) is 1. The van der Waals surface area contributed by atoms with Gasteiger partial charge in [-0.05, 0) is 0 Å². The monoisotopic (exact) mass is 313 g/mol. The summed E-state index contributed by atoms with van der Waals surface area (Å²) in [5.74, 6) is -3.29. The number of esters is 2. The number of carbonyl (C=O) groups is 4. The molecule has 0 fully saturated rings. The Kier molecular flexibility index (Phi) is 9.74. The van der Waals surface area contributed by atoms with Gasteiger partial charge >= 0.3 is 17.9 Å². The molecule has 122 valence electrons. The smallest absolute Gasteiger partial charge is 0.325 e. The number of carbonyl (C=O) groups excluding carboxylic acids is 3. The van der Waals surface area contributed by atoms with E-state index in [1.807, 2.05) is 0 Å². The molecule has 22 heavy (non-hydrogen) atoms. The van der Waals surface area contributed by atoms with Gasteiger partial charge in [-0.25, -0.2) is 0 Å². The van der Waals surface area contributed by atoms with Gasteiger partial charge in [0.1, 0.15) is 26.3 Å². The van der Waals surface area contributed by atoms with E-state index in [0.29, 0.717) is 0 Å². The molecule has 0 saturated heterocycles. The maximum absolute atomic E-state index is 11.9. The number of amides is 1. The zero-order chi connectivity index (χ0) is 17.0. The SMILES string of the molecule is C=CCOC(=O)CN(CC(=O)OCC=C)C(=O)CCC(=O)O. The molecule has 0 radical (unpaired) electrons. The highest BCUT2D eigenvalue weighted by Crippen LogP contribution is 2.01. The first-order valence-corrected chi connectivity index (χ1v) is 6.43. The quantitative estimate of drug-likeness (QED) is 0.426. The van der Waals surface area contributed by atoms with Crippen molar-refractivity contribution in [2.24, 2.45) is 0 Å². The van der Waals surface area contributed by atoms with E-state index in [1.165, 1.54) is 12.2 Å². The Hall–Kier alpha value is -2.64. The minimum absolute atomic E-state index is 0.0309. The van der Waals surface area contributed by atoms with E-state index in [2.05, 4.69) is 13.2 Å². The van der Waals surface area contributed by atoms with E-state index in [4.69, 9.17) is 14.6 Å². The minimum Gasteiger partial charge on any atom is -0.481 e. The van der Waals surface area contributed by atoms with Crippen molar-refractivity contribution in [1.82, 2.24) is 4.90 Å². The lowest BCUT2D eigenvalue weighted by Crippen LogP contribution is -2.40. The summed E-state index contributed by atoms with van der Waals surface area (Å²) in [6.45, 7) is 5.73. The summed E-state index contributed by atoms with van der Waals surface area (Å²) in [7, 11) is 0. The standard InChI is InChI=1S/C14H19NO7/c1-3-7-21-13(19)9-15(10-14(20)22-8-4-2)11(16)5-6-12(17)18/h3-4H,1-2,5-10H2,(H,17,18). The van der Waals surface area contributed by atoms with Crippen LogP contribution in [0.15, 0.2) is 25.3 Å². The first-order chi connectivity index (χ1) is 10.4. The van der Waals surface area contributed by atoms with Crippen LogP contribution in [0.2, 0.25) is 0 Å². The van der Waals surface area contributed by atoms with Crippen LogP contribution in [0.3, 0.4) is 0 Å². The van der Waals surface area contributed by atoms with Crippen LogP contribution in [0, 0.1) is 0 Å². The van der Waals surface area contributed by atoms with Crippen molar-refractivity contribution in [3.05, 3.63) is 25.3 Å². The second kappa shape index (κ2) is 11.1. The summed E-state index contributed by atoms with van der Waals surface area (Å²) in [5.41, 5.74) is 0. The highest BCUT2D eigenvalue weighted by Gasteiger charge is 2.22. The third-order valence-corrected chi connectivity index (χ3v) is 2.27. The fraction of sp³-hybridized carbons (Fsp3) is 0.429. The maximum atomic E-state index is 11.9. The van der Waals surface area contributed by atoms with Crippen molar-refractivity contribution in [1.29, 1.82) is 0 Å². The van der Waals surface area contributed by atoms with Crippen LogP contribution in [-0.2, 0) is 28.7 Å². The number of aliphatic carboxylic acids is 1. The van der Waals surface area contributed by atoms with Crippen LogP contribution in [0.25, 0.3) is 0 Å². The zero-order valence-electron chi connectivity index (χ0n) is 12.2. The lowest BCUT2D eigenvalue weighted by Gasteiger charge is -2.20. The number of carboxylic acid groups (broad SMARTS) is 1. The molecule has 0 aromatic rings. The number of carboxylic acids is 1. The molecular formula is C14H19NO7. The van der Waals surface area contributed by atoms with Crippen molar-refractivity contribution in [3.63, 3.8) is 0 Å². The Labute approximate surface area is 128 Å². The molecule has 0 rings (SSSR count). The predicted octanol–water partition coefficient (Wildman–Crippen LogP) is 0.138. The van der Waals surface area contributed by atoms with Crippen molar-refractivity contribution in [2.45, 2.75) is 12.8 Å². The van der Waals surface area contributed by atoms with Crippen LogP contribution in [-0.4, -0.2) is 60.1 Å². The zero-order valence-corrected chi connectivity index (χ0v) is 12.2. The molecule has 0 heterocycles. The van der Waals surface area contributed by atoms with E-state index < -0.39 is 43.3 Å². The van der Waals surface area contributed by atoms with Gasteiger partial charge in [-0.1, -0.05) is 25.3 Å². The van der Waals surface area contributed by atoms with Gasteiger partial charge in [0.05, 0.1) is 6.42 Å². The topological polar surface area (TPSA) is 110 Å². The van der Waals surface area contributed by atoms with Crippen LogP contribution >= 0.6 is 0 Å². The highest BCUT2D eigenvalue weighted by molar-refractivity contribution is 5.87. The van der Waals surface area contributed by atoms with Crippen molar-refractivity contribution in [3.8, 4) is 0 Å². The third-order valence-electron chi connectivity index (χ3n) is 2.27. The predicted molar refractivity (Wildman–Crippen MR) is 75.8 cm³/mol.